The Morgan fingerprint density at radius 2 is 1.75 bits per heavy atom. The molecule has 0 amide bonds. The topological polar surface area (TPSA) is 23.9 Å². The second kappa shape index (κ2) is 3.31. The van der Waals surface area contributed by atoms with Crippen LogP contribution in [0.5, 0.6) is 0 Å². The van der Waals surface area contributed by atoms with Gasteiger partial charge in [-0.2, -0.15) is 0 Å². The van der Waals surface area contributed by atoms with Gasteiger partial charge >= 0.3 is 0 Å². The number of rotatable bonds is 0. The number of allylic oxidation sites excluding steroid dienone is 4. The zero-order valence-electron chi connectivity index (χ0n) is 7.72. The summed E-state index contributed by atoms with van der Waals surface area (Å²) in [4.78, 5) is 1.06. The molecule has 0 fully saturated rings. The standard InChI is InChI=1S/C10H14NS/c1-10(2,3)12-9-7-5-4-6-8(9)11/h4-7,11H,1-3H3/q+1. The van der Waals surface area contributed by atoms with Crippen LogP contribution in [0, 0.1) is 5.41 Å². The smallest absolute Gasteiger partial charge is 0.249 e. The molecule has 2 heteroatoms. The maximum atomic E-state index is 7.63. The summed E-state index contributed by atoms with van der Waals surface area (Å²) in [5.41, 5.74) is 0.623. The van der Waals surface area contributed by atoms with E-state index >= 15 is 0 Å². The number of hydrogen-bond donors (Lipinski definition) is 1. The molecular formula is C10H14NS+. The molecule has 0 aromatic heterocycles. The van der Waals surface area contributed by atoms with E-state index in [1.165, 1.54) is 0 Å². The molecule has 1 rings (SSSR count). The Bertz CT molecular complexity index is 277. The van der Waals surface area contributed by atoms with Crippen LogP contribution in [-0.4, -0.2) is 15.3 Å². The van der Waals surface area contributed by atoms with Gasteiger partial charge in [0.25, 0.3) is 0 Å². The van der Waals surface area contributed by atoms with Crippen molar-refractivity contribution in [1.29, 1.82) is 5.41 Å². The molecule has 0 heterocycles. The van der Waals surface area contributed by atoms with E-state index in [9.17, 15) is 0 Å². The third-order valence-electron chi connectivity index (χ3n) is 1.30. The lowest BCUT2D eigenvalue weighted by atomic mass is 10.2. The van der Waals surface area contributed by atoms with Crippen molar-refractivity contribution >= 4 is 21.9 Å². The summed E-state index contributed by atoms with van der Waals surface area (Å²) in [5.74, 6) is 0. The highest BCUT2D eigenvalue weighted by molar-refractivity contribution is 7.82. The van der Waals surface area contributed by atoms with Gasteiger partial charge in [-0.1, -0.05) is 12.2 Å². The van der Waals surface area contributed by atoms with Crippen LogP contribution in [0.25, 0.3) is 0 Å². The molecular weight excluding hydrogens is 166 g/mol. The Kier molecular flexibility index (Phi) is 2.58. The normalized spacial score (nSPS) is 20.6. The zero-order chi connectivity index (χ0) is 9.19. The van der Waals surface area contributed by atoms with E-state index in [2.05, 4.69) is 20.8 Å². The van der Waals surface area contributed by atoms with Crippen molar-refractivity contribution in [2.45, 2.75) is 25.5 Å². The van der Waals surface area contributed by atoms with Gasteiger partial charge in [-0.25, -0.2) is 0 Å². The first-order valence-corrected chi connectivity index (χ1v) is 4.80. The average Bonchev–Trinajstić information content (AvgIpc) is 1.91. The van der Waals surface area contributed by atoms with Crippen molar-refractivity contribution in [3.05, 3.63) is 24.3 Å². The first kappa shape index (κ1) is 9.33. The van der Waals surface area contributed by atoms with Crippen LogP contribution in [0.3, 0.4) is 0 Å². The molecule has 0 saturated heterocycles. The third kappa shape index (κ3) is 2.70. The summed E-state index contributed by atoms with van der Waals surface area (Å²) < 4.78 is 0.192. The molecule has 0 bridgehead atoms. The lowest BCUT2D eigenvalue weighted by molar-refractivity contribution is 0.808. The van der Waals surface area contributed by atoms with Crippen LogP contribution in [0.15, 0.2) is 24.3 Å². The van der Waals surface area contributed by atoms with E-state index in [1.54, 1.807) is 11.4 Å². The van der Waals surface area contributed by atoms with E-state index in [4.69, 9.17) is 5.41 Å². The monoisotopic (exact) mass is 180 g/mol. The average molecular weight is 180 g/mol. The first-order chi connectivity index (χ1) is 5.49. The number of nitrogens with one attached hydrogen (secondary N) is 1. The Balaban J connectivity index is 2.90. The molecule has 1 nitrogen and oxygen atoms in total. The first-order valence-electron chi connectivity index (χ1n) is 3.99. The second-order valence-corrected chi connectivity index (χ2v) is 5.58. The molecule has 0 unspecified atom stereocenters. The Labute approximate surface area is 77.7 Å². The van der Waals surface area contributed by atoms with Gasteiger partial charge in [-0.05, 0) is 26.8 Å². The summed E-state index contributed by atoms with van der Waals surface area (Å²) in [6.07, 6.45) is 7.70. The minimum Gasteiger partial charge on any atom is -0.295 e. The van der Waals surface area contributed by atoms with Crippen molar-refractivity contribution in [1.82, 2.24) is 0 Å². The van der Waals surface area contributed by atoms with Crippen molar-refractivity contribution in [2.24, 2.45) is 0 Å². The molecule has 1 N–H and O–H groups in total. The maximum absolute atomic E-state index is 7.63. The third-order valence-corrected chi connectivity index (χ3v) is 2.49. The summed E-state index contributed by atoms with van der Waals surface area (Å²) in [6, 6.07) is 0. The van der Waals surface area contributed by atoms with Crippen molar-refractivity contribution in [2.75, 3.05) is 0 Å². The molecule has 0 saturated carbocycles. The molecule has 0 aliphatic heterocycles. The van der Waals surface area contributed by atoms with Crippen molar-refractivity contribution < 1.29 is 0 Å². The summed E-state index contributed by atoms with van der Waals surface area (Å²) in [6.45, 7) is 6.47. The fraction of sp³-hybridized carbons (Fsp3) is 0.400. The highest BCUT2D eigenvalue weighted by Gasteiger charge is 2.25. The van der Waals surface area contributed by atoms with Gasteiger partial charge < -0.3 is 0 Å². The Morgan fingerprint density at radius 1 is 1.17 bits per heavy atom. The molecule has 1 aliphatic carbocycles. The van der Waals surface area contributed by atoms with E-state index in [0.717, 1.165) is 4.86 Å². The lowest BCUT2D eigenvalue weighted by Crippen LogP contribution is -2.21. The molecule has 12 heavy (non-hydrogen) atoms. The molecule has 0 atom stereocenters. The van der Waals surface area contributed by atoms with Crippen LogP contribution < -0.4 is 0 Å². The molecule has 1 aliphatic rings. The van der Waals surface area contributed by atoms with Gasteiger partial charge in [0.05, 0.1) is 0 Å². The van der Waals surface area contributed by atoms with E-state index in [-0.39, 0.29) is 4.75 Å². The van der Waals surface area contributed by atoms with Gasteiger partial charge in [0, 0.05) is 6.08 Å². The van der Waals surface area contributed by atoms with Gasteiger partial charge in [0.2, 0.25) is 4.86 Å². The summed E-state index contributed by atoms with van der Waals surface area (Å²) in [7, 11) is 0. The predicted octanol–water partition coefficient (Wildman–Crippen LogP) is 2.19. The minimum atomic E-state index is 0.192. The molecule has 0 aromatic carbocycles. The minimum absolute atomic E-state index is 0.192. The van der Waals surface area contributed by atoms with Gasteiger partial charge in [-0.3, -0.25) is 5.41 Å². The van der Waals surface area contributed by atoms with Crippen LogP contribution in [0.2, 0.25) is 0 Å². The van der Waals surface area contributed by atoms with E-state index in [1.807, 2.05) is 24.3 Å². The van der Waals surface area contributed by atoms with Gasteiger partial charge in [-0.15, -0.1) is 0 Å². The largest absolute Gasteiger partial charge is 0.295 e. The Hall–Kier alpha value is -0.760. The maximum Gasteiger partial charge on any atom is 0.249 e. The van der Waals surface area contributed by atoms with Crippen LogP contribution in [0.1, 0.15) is 20.8 Å². The van der Waals surface area contributed by atoms with Crippen molar-refractivity contribution in [3.8, 4) is 0 Å². The van der Waals surface area contributed by atoms with Crippen LogP contribution in [-0.2, 0) is 11.4 Å². The van der Waals surface area contributed by atoms with Crippen LogP contribution in [0.4, 0.5) is 0 Å². The summed E-state index contributed by atoms with van der Waals surface area (Å²) >= 11 is 1.74. The van der Waals surface area contributed by atoms with Gasteiger partial charge in [0.1, 0.15) is 5.71 Å². The quantitative estimate of drug-likeness (QED) is 0.436. The fourth-order valence-electron chi connectivity index (χ4n) is 0.886. The summed E-state index contributed by atoms with van der Waals surface area (Å²) in [5, 5.41) is 7.63. The van der Waals surface area contributed by atoms with Gasteiger partial charge in [0.15, 0.2) is 16.1 Å². The predicted molar refractivity (Wildman–Crippen MR) is 58.1 cm³/mol. The fourth-order valence-corrected chi connectivity index (χ4v) is 1.87. The van der Waals surface area contributed by atoms with E-state index in [0.29, 0.717) is 5.71 Å². The lowest BCUT2D eigenvalue weighted by Gasteiger charge is -2.00. The molecule has 0 radical (unpaired) electrons. The van der Waals surface area contributed by atoms with Crippen molar-refractivity contribution in [3.63, 3.8) is 0 Å². The highest BCUT2D eigenvalue weighted by Crippen LogP contribution is 2.06. The molecule has 64 valence electrons. The van der Waals surface area contributed by atoms with E-state index < -0.39 is 0 Å². The zero-order valence-corrected chi connectivity index (χ0v) is 8.53. The highest BCUT2D eigenvalue weighted by atomic mass is 32.1. The van der Waals surface area contributed by atoms with Crippen LogP contribution >= 0.6 is 0 Å². The Morgan fingerprint density at radius 3 is 2.25 bits per heavy atom. The molecule has 0 spiro atoms. The SMILES string of the molecule is CC(C)(C)[S+]=C1C=CC=CC1=N. The molecule has 0 aromatic rings. The second-order valence-electron chi connectivity index (χ2n) is 3.71. The number of hydrogen-bond acceptors (Lipinski definition) is 1.